The number of benzene rings is 2. The van der Waals surface area contributed by atoms with Crippen LogP contribution in [0.4, 0.5) is 18.9 Å². The number of aliphatic hydroxyl groups is 2. The van der Waals surface area contributed by atoms with Crippen molar-refractivity contribution in [2.24, 2.45) is 0 Å². The van der Waals surface area contributed by atoms with Crippen molar-refractivity contribution in [2.45, 2.75) is 37.8 Å². The maximum absolute atomic E-state index is 13.1. The van der Waals surface area contributed by atoms with Crippen molar-refractivity contribution >= 4 is 34.6 Å². The van der Waals surface area contributed by atoms with Gasteiger partial charge in [-0.15, -0.1) is 11.3 Å². The molecule has 0 amide bonds. The van der Waals surface area contributed by atoms with Crippen LogP contribution in [0.25, 0.3) is 0 Å². The van der Waals surface area contributed by atoms with E-state index >= 15 is 0 Å². The third-order valence-electron chi connectivity index (χ3n) is 6.24. The smallest absolute Gasteiger partial charge is 0.443 e. The Morgan fingerprint density at radius 1 is 1.22 bits per heavy atom. The van der Waals surface area contributed by atoms with E-state index in [9.17, 15) is 33.4 Å². The summed E-state index contributed by atoms with van der Waals surface area (Å²) in [5, 5.41) is 31.4. The first-order valence-corrected chi connectivity index (χ1v) is 13.5. The van der Waals surface area contributed by atoms with Crippen LogP contribution in [-0.2, 0) is 22.1 Å². The number of hydrogen-bond acceptors (Lipinski definition) is 10. The number of rotatable bonds is 12. The fraction of sp³-hybridized carbons (Fsp3) is 0.370. The Morgan fingerprint density at radius 3 is 2.46 bits per heavy atom. The normalized spacial score (nSPS) is 13.9. The lowest BCUT2D eigenvalue weighted by Crippen LogP contribution is -2.40. The fourth-order valence-corrected chi connectivity index (χ4v) is 4.93. The van der Waals surface area contributed by atoms with Gasteiger partial charge in [-0.3, -0.25) is 4.90 Å². The zero-order valence-corrected chi connectivity index (χ0v) is 23.6. The molecular weight excluding hydrogens is 585 g/mol. The molecule has 1 heterocycles. The number of nitriles is 1. The lowest BCUT2D eigenvalue weighted by atomic mass is 10.0. The molecule has 0 aliphatic rings. The minimum atomic E-state index is -4.63. The minimum Gasteiger partial charge on any atom is -0.482 e. The largest absolute Gasteiger partial charge is 0.482 e. The third-order valence-corrected chi connectivity index (χ3v) is 7.46. The van der Waals surface area contributed by atoms with Crippen LogP contribution in [0.1, 0.15) is 46.5 Å². The third kappa shape index (κ3) is 8.79. The maximum atomic E-state index is 13.1. The predicted octanol–water partition coefficient (Wildman–Crippen LogP) is 4.52. The van der Waals surface area contributed by atoms with E-state index in [2.05, 4.69) is 9.72 Å². The molecule has 0 saturated heterocycles. The second-order valence-electron chi connectivity index (χ2n) is 9.20. The Labute approximate surface area is 243 Å². The van der Waals surface area contributed by atoms with Crippen molar-refractivity contribution in [3.8, 4) is 11.8 Å². The van der Waals surface area contributed by atoms with Gasteiger partial charge in [0, 0.05) is 24.5 Å². The van der Waals surface area contributed by atoms with Crippen molar-refractivity contribution in [1.82, 2.24) is 9.88 Å². The molecule has 3 aromatic rings. The SMILES string of the molecule is COC(=O)COc1ccc(CC(C)N(CC(O)c2cc(Cl)c(N)c(C#N)c2)CC(O)c2csc(C(F)(F)F)n2)cc1. The van der Waals surface area contributed by atoms with E-state index in [1.165, 1.54) is 19.2 Å². The molecule has 3 unspecified atom stereocenters. The fourth-order valence-electron chi connectivity index (χ4n) is 3.96. The zero-order chi connectivity index (χ0) is 30.3. The summed E-state index contributed by atoms with van der Waals surface area (Å²) in [5.41, 5.74) is 7.01. The van der Waals surface area contributed by atoms with Gasteiger partial charge in [-0.1, -0.05) is 23.7 Å². The van der Waals surface area contributed by atoms with Gasteiger partial charge in [0.15, 0.2) is 11.6 Å². The van der Waals surface area contributed by atoms with Gasteiger partial charge < -0.3 is 25.4 Å². The molecule has 2 aromatic carbocycles. The van der Waals surface area contributed by atoms with E-state index in [0.29, 0.717) is 29.1 Å². The summed E-state index contributed by atoms with van der Waals surface area (Å²) >= 11 is 6.52. The Balaban J connectivity index is 1.81. The highest BCUT2D eigenvalue weighted by atomic mass is 35.5. The quantitative estimate of drug-likeness (QED) is 0.199. The van der Waals surface area contributed by atoms with Gasteiger partial charge >= 0.3 is 12.1 Å². The van der Waals surface area contributed by atoms with Crippen molar-refractivity contribution in [2.75, 3.05) is 32.5 Å². The second kappa shape index (κ2) is 14.0. The molecule has 1 aromatic heterocycles. The number of alkyl halides is 3. The van der Waals surface area contributed by atoms with Crippen LogP contribution in [0.15, 0.2) is 41.8 Å². The van der Waals surface area contributed by atoms with Crippen LogP contribution in [0.5, 0.6) is 5.75 Å². The first kappa shape index (κ1) is 32.1. The molecule has 0 radical (unpaired) electrons. The van der Waals surface area contributed by atoms with Gasteiger partial charge in [0.05, 0.1) is 35.2 Å². The van der Waals surface area contributed by atoms with Crippen LogP contribution in [-0.4, -0.2) is 58.9 Å². The molecule has 14 heteroatoms. The van der Waals surface area contributed by atoms with E-state index in [4.69, 9.17) is 22.1 Å². The molecule has 3 rings (SSSR count). The van der Waals surface area contributed by atoms with Crippen molar-refractivity contribution in [3.63, 3.8) is 0 Å². The summed E-state index contributed by atoms with van der Waals surface area (Å²) in [6.45, 7) is 1.39. The van der Waals surface area contributed by atoms with E-state index in [-0.39, 0.29) is 47.7 Å². The molecule has 4 N–H and O–H groups in total. The molecule has 41 heavy (non-hydrogen) atoms. The maximum Gasteiger partial charge on any atom is 0.443 e. The van der Waals surface area contributed by atoms with Crippen LogP contribution in [0.3, 0.4) is 0 Å². The number of nitrogens with two attached hydrogens (primary N) is 1. The van der Waals surface area contributed by atoms with Crippen LogP contribution in [0, 0.1) is 11.3 Å². The molecular formula is C27H28ClF3N4O5S. The summed E-state index contributed by atoms with van der Waals surface area (Å²) in [5.74, 6) is -0.0748. The monoisotopic (exact) mass is 612 g/mol. The average Bonchev–Trinajstić information content (AvgIpc) is 3.45. The number of hydrogen-bond donors (Lipinski definition) is 3. The highest BCUT2D eigenvalue weighted by molar-refractivity contribution is 7.09. The highest BCUT2D eigenvalue weighted by Crippen LogP contribution is 2.34. The molecule has 0 fully saturated rings. The number of esters is 1. The number of aromatic nitrogens is 1. The number of carbonyl (C=O) groups is 1. The Bertz CT molecular complexity index is 1380. The molecule has 0 aliphatic heterocycles. The van der Waals surface area contributed by atoms with Gasteiger partial charge in [-0.2, -0.15) is 18.4 Å². The zero-order valence-electron chi connectivity index (χ0n) is 22.1. The number of thiazole rings is 1. The lowest BCUT2D eigenvalue weighted by molar-refractivity contribution is -0.143. The van der Waals surface area contributed by atoms with Crippen LogP contribution >= 0.6 is 22.9 Å². The molecule has 0 bridgehead atoms. The molecule has 0 saturated carbocycles. The minimum absolute atomic E-state index is 0.0556. The van der Waals surface area contributed by atoms with Crippen molar-refractivity contribution < 1.29 is 37.7 Å². The number of aliphatic hydroxyl groups excluding tert-OH is 2. The van der Waals surface area contributed by atoms with Crippen molar-refractivity contribution in [3.05, 3.63) is 74.2 Å². The molecule has 0 aliphatic carbocycles. The molecule has 3 atom stereocenters. The van der Waals surface area contributed by atoms with E-state index in [0.717, 1.165) is 10.9 Å². The summed E-state index contributed by atoms with van der Waals surface area (Å²) in [6, 6.07) is 11.3. The first-order chi connectivity index (χ1) is 19.3. The number of carbonyl (C=O) groups excluding carboxylic acids is 1. The molecule has 220 valence electrons. The van der Waals surface area contributed by atoms with Gasteiger partial charge in [0.2, 0.25) is 0 Å². The topological polar surface area (TPSA) is 142 Å². The molecule has 9 nitrogen and oxygen atoms in total. The highest BCUT2D eigenvalue weighted by Gasteiger charge is 2.35. The number of methoxy groups -OCH3 is 1. The molecule has 0 spiro atoms. The Hall–Kier alpha value is -3.41. The van der Waals surface area contributed by atoms with E-state index in [1.807, 2.05) is 13.0 Å². The summed E-state index contributed by atoms with van der Waals surface area (Å²) < 4.78 is 49.1. The Morgan fingerprint density at radius 2 is 1.88 bits per heavy atom. The first-order valence-electron chi connectivity index (χ1n) is 12.2. The number of halogens is 4. The van der Waals surface area contributed by atoms with Gasteiger partial charge in [0.25, 0.3) is 0 Å². The van der Waals surface area contributed by atoms with Gasteiger partial charge in [-0.25, -0.2) is 9.78 Å². The summed E-state index contributed by atoms with van der Waals surface area (Å²) in [6.07, 6.45) is -6.76. The second-order valence-corrected chi connectivity index (χ2v) is 10.5. The van der Waals surface area contributed by atoms with E-state index in [1.54, 1.807) is 29.2 Å². The van der Waals surface area contributed by atoms with Gasteiger partial charge in [0.1, 0.15) is 17.9 Å². The predicted molar refractivity (Wildman–Crippen MR) is 146 cm³/mol. The van der Waals surface area contributed by atoms with Crippen molar-refractivity contribution in [1.29, 1.82) is 5.26 Å². The number of nitrogens with zero attached hydrogens (tertiary/aromatic N) is 3. The number of ether oxygens (including phenoxy) is 2. The summed E-state index contributed by atoms with van der Waals surface area (Å²) in [7, 11) is 1.25. The number of nitrogen functional groups attached to an aromatic ring is 1. The van der Waals surface area contributed by atoms with Crippen LogP contribution < -0.4 is 10.5 Å². The average molecular weight is 613 g/mol. The standard InChI is InChI=1S/C27H28ClF3N4O5S/c1-15(7-16-3-5-19(6-4-16)40-13-24(38)39-2)35(12-23(37)21-14-41-26(34-21)27(29,30)31)11-22(36)17-8-18(10-32)25(33)20(28)9-17/h3-6,8-9,14-15,22-23,36-37H,7,11-13,33H2,1-2H3. The van der Waals surface area contributed by atoms with E-state index < -0.39 is 29.4 Å². The summed E-state index contributed by atoms with van der Waals surface area (Å²) in [4.78, 5) is 16.5. The lowest BCUT2D eigenvalue weighted by Gasteiger charge is -2.32. The number of anilines is 1. The Kier molecular flexibility index (Phi) is 10.9. The van der Waals surface area contributed by atoms with Crippen LogP contribution in [0.2, 0.25) is 5.02 Å². The van der Waals surface area contributed by atoms with Gasteiger partial charge in [-0.05, 0) is 48.7 Å².